The molecule has 0 radical (unpaired) electrons. The first kappa shape index (κ1) is 6.82. The van der Waals surface area contributed by atoms with E-state index in [1.54, 1.807) is 6.92 Å². The van der Waals surface area contributed by atoms with Gasteiger partial charge in [-0.3, -0.25) is 4.79 Å². The summed E-state index contributed by atoms with van der Waals surface area (Å²) in [5.74, 6) is 0.160. The van der Waals surface area contributed by atoms with Crippen LogP contribution in [0.15, 0.2) is 0 Å². The number of carbonyl (C=O) groups excluding carboxylic acids is 1. The van der Waals surface area contributed by atoms with Crippen LogP contribution < -0.4 is 5.73 Å². The number of thiol groups is 1. The zero-order valence-corrected chi connectivity index (χ0v) is 5.11. The summed E-state index contributed by atoms with van der Waals surface area (Å²) in [4.78, 5) is 10.1. The molecule has 7 heavy (non-hydrogen) atoms. The van der Waals surface area contributed by atoms with Crippen molar-refractivity contribution in [3.63, 3.8) is 0 Å². The lowest BCUT2D eigenvalue weighted by molar-refractivity contribution is -0.120. The van der Waals surface area contributed by atoms with Crippen molar-refractivity contribution in [2.24, 2.45) is 11.7 Å². The van der Waals surface area contributed by atoms with Crippen molar-refractivity contribution in [1.29, 1.82) is 0 Å². The molecule has 0 spiro atoms. The van der Waals surface area contributed by atoms with Gasteiger partial charge in [-0.05, 0) is 0 Å². The first-order chi connectivity index (χ1) is 3.18. The summed E-state index contributed by atoms with van der Waals surface area (Å²) in [6.45, 7) is 1.75. The fourth-order valence-corrected chi connectivity index (χ4v) is 0.270. The van der Waals surface area contributed by atoms with Gasteiger partial charge in [0.25, 0.3) is 0 Å². The van der Waals surface area contributed by atoms with Crippen molar-refractivity contribution in [2.75, 3.05) is 5.75 Å². The number of rotatable bonds is 2. The number of carbonyl (C=O) groups is 1. The second-order valence-electron chi connectivity index (χ2n) is 1.49. The highest BCUT2D eigenvalue weighted by Crippen LogP contribution is 1.93. The third-order valence-electron chi connectivity index (χ3n) is 0.760. The molecule has 0 aromatic heterocycles. The Labute approximate surface area is 48.5 Å². The predicted molar refractivity (Wildman–Crippen MR) is 32.2 cm³/mol. The molecule has 0 aliphatic carbocycles. The molecule has 0 saturated carbocycles. The molecule has 0 rings (SSSR count). The maximum absolute atomic E-state index is 10.1. The van der Waals surface area contributed by atoms with Gasteiger partial charge in [0, 0.05) is 11.7 Å². The molecular weight excluding hydrogens is 110 g/mol. The zero-order valence-electron chi connectivity index (χ0n) is 4.22. The first-order valence-corrected chi connectivity index (χ1v) is 2.72. The molecular formula is C4H9NOS. The molecule has 2 N–H and O–H groups in total. The average molecular weight is 119 g/mol. The van der Waals surface area contributed by atoms with Gasteiger partial charge < -0.3 is 5.73 Å². The Morgan fingerprint density at radius 3 is 2.43 bits per heavy atom. The molecule has 0 aromatic rings. The predicted octanol–water partition coefficient (Wildman–Crippen LogP) is 0.0376. The molecule has 1 amide bonds. The molecule has 0 fully saturated rings. The maximum Gasteiger partial charge on any atom is 0.221 e. The summed E-state index contributed by atoms with van der Waals surface area (Å²) < 4.78 is 0. The zero-order chi connectivity index (χ0) is 5.86. The summed E-state index contributed by atoms with van der Waals surface area (Å²) in [6.07, 6.45) is 0. The standard InChI is InChI=1S/C4H9NOS/c1-3(2-7)4(5)6/h3,7H,2H2,1H3,(H2,5,6). The second-order valence-corrected chi connectivity index (χ2v) is 1.85. The van der Waals surface area contributed by atoms with Gasteiger partial charge in [0.1, 0.15) is 0 Å². The summed E-state index contributed by atoms with van der Waals surface area (Å²) in [5, 5.41) is 0. The van der Waals surface area contributed by atoms with Gasteiger partial charge >= 0.3 is 0 Å². The van der Waals surface area contributed by atoms with Crippen molar-refractivity contribution in [1.82, 2.24) is 0 Å². The molecule has 2 nitrogen and oxygen atoms in total. The van der Waals surface area contributed by atoms with Gasteiger partial charge in [-0.1, -0.05) is 6.92 Å². The van der Waals surface area contributed by atoms with Crippen LogP contribution in [0.4, 0.5) is 0 Å². The van der Waals surface area contributed by atoms with Crippen molar-refractivity contribution in [2.45, 2.75) is 6.92 Å². The van der Waals surface area contributed by atoms with Gasteiger partial charge in [-0.15, -0.1) is 0 Å². The normalized spacial score (nSPS) is 13.4. The highest BCUT2D eigenvalue weighted by Gasteiger charge is 2.02. The number of hydrogen-bond donors (Lipinski definition) is 2. The van der Waals surface area contributed by atoms with Crippen molar-refractivity contribution >= 4 is 18.5 Å². The largest absolute Gasteiger partial charge is 0.369 e. The minimum absolute atomic E-state index is 0.0941. The summed E-state index contributed by atoms with van der Waals surface area (Å²) in [6, 6.07) is 0. The highest BCUT2D eigenvalue weighted by atomic mass is 32.1. The number of amides is 1. The van der Waals surface area contributed by atoms with E-state index in [4.69, 9.17) is 5.73 Å². The van der Waals surface area contributed by atoms with Crippen LogP contribution in [0, 0.1) is 5.92 Å². The molecule has 1 unspecified atom stereocenters. The number of hydrogen-bond acceptors (Lipinski definition) is 2. The van der Waals surface area contributed by atoms with E-state index in [1.165, 1.54) is 0 Å². The van der Waals surface area contributed by atoms with E-state index in [1.807, 2.05) is 0 Å². The Bertz CT molecular complexity index is 74.1. The fourth-order valence-electron chi connectivity index (χ4n) is 0.0900. The van der Waals surface area contributed by atoms with E-state index < -0.39 is 0 Å². The molecule has 0 aliphatic rings. The van der Waals surface area contributed by atoms with Crippen LogP contribution in [-0.2, 0) is 4.79 Å². The SMILES string of the molecule is CC(CS)C(N)=O. The van der Waals surface area contributed by atoms with Crippen LogP contribution in [-0.4, -0.2) is 11.7 Å². The van der Waals surface area contributed by atoms with Crippen molar-refractivity contribution in [3.05, 3.63) is 0 Å². The van der Waals surface area contributed by atoms with Crippen LogP contribution in [0.3, 0.4) is 0 Å². The fraction of sp³-hybridized carbons (Fsp3) is 0.750. The Morgan fingerprint density at radius 2 is 2.43 bits per heavy atom. The highest BCUT2D eigenvalue weighted by molar-refractivity contribution is 7.80. The Kier molecular flexibility index (Phi) is 2.83. The van der Waals surface area contributed by atoms with Crippen LogP contribution in [0.25, 0.3) is 0 Å². The smallest absolute Gasteiger partial charge is 0.221 e. The van der Waals surface area contributed by atoms with Gasteiger partial charge in [0.2, 0.25) is 5.91 Å². The number of primary amides is 1. The van der Waals surface area contributed by atoms with E-state index in [0.29, 0.717) is 5.75 Å². The molecule has 0 aliphatic heterocycles. The van der Waals surface area contributed by atoms with E-state index in [9.17, 15) is 4.79 Å². The summed E-state index contributed by atoms with van der Waals surface area (Å²) in [5.41, 5.74) is 4.86. The minimum atomic E-state index is -0.282. The lowest BCUT2D eigenvalue weighted by Gasteiger charge is -1.97. The quantitative estimate of drug-likeness (QED) is 0.495. The first-order valence-electron chi connectivity index (χ1n) is 2.08. The summed E-state index contributed by atoms with van der Waals surface area (Å²) >= 11 is 3.85. The Balaban J connectivity index is 3.34. The van der Waals surface area contributed by atoms with Gasteiger partial charge in [0.15, 0.2) is 0 Å². The van der Waals surface area contributed by atoms with Gasteiger partial charge in [0.05, 0.1) is 0 Å². The van der Waals surface area contributed by atoms with Crippen LogP contribution in [0.1, 0.15) is 6.92 Å². The van der Waals surface area contributed by atoms with Crippen LogP contribution >= 0.6 is 12.6 Å². The molecule has 0 aromatic carbocycles. The van der Waals surface area contributed by atoms with Crippen LogP contribution in [0.2, 0.25) is 0 Å². The van der Waals surface area contributed by atoms with E-state index in [2.05, 4.69) is 12.6 Å². The molecule has 42 valence electrons. The third-order valence-corrected chi connectivity index (χ3v) is 1.31. The minimum Gasteiger partial charge on any atom is -0.369 e. The Morgan fingerprint density at radius 1 is 2.00 bits per heavy atom. The van der Waals surface area contributed by atoms with Crippen molar-refractivity contribution < 1.29 is 4.79 Å². The molecule has 0 saturated heterocycles. The van der Waals surface area contributed by atoms with E-state index in [-0.39, 0.29) is 11.8 Å². The van der Waals surface area contributed by atoms with E-state index in [0.717, 1.165) is 0 Å². The summed E-state index contributed by atoms with van der Waals surface area (Å²) in [7, 11) is 0. The lowest BCUT2D eigenvalue weighted by Crippen LogP contribution is -2.21. The molecule has 0 heterocycles. The van der Waals surface area contributed by atoms with Crippen LogP contribution in [0.5, 0.6) is 0 Å². The monoisotopic (exact) mass is 119 g/mol. The number of nitrogens with two attached hydrogens (primary N) is 1. The second kappa shape index (κ2) is 2.91. The molecule has 3 heteroatoms. The molecule has 0 bridgehead atoms. The van der Waals surface area contributed by atoms with Crippen molar-refractivity contribution in [3.8, 4) is 0 Å². The molecule has 1 atom stereocenters. The third kappa shape index (κ3) is 2.51. The average Bonchev–Trinajstić information content (AvgIpc) is 1.65. The Hall–Kier alpha value is -0.180. The lowest BCUT2D eigenvalue weighted by atomic mass is 10.2. The van der Waals surface area contributed by atoms with E-state index >= 15 is 0 Å². The topological polar surface area (TPSA) is 43.1 Å². The van der Waals surface area contributed by atoms with Gasteiger partial charge in [-0.25, -0.2) is 0 Å². The maximum atomic E-state index is 10.1. The van der Waals surface area contributed by atoms with Gasteiger partial charge in [-0.2, -0.15) is 12.6 Å².